The second kappa shape index (κ2) is 6.42. The molecule has 1 aromatic rings. The lowest BCUT2D eigenvalue weighted by Crippen LogP contribution is -2.23. The van der Waals surface area contributed by atoms with Crippen molar-refractivity contribution in [2.45, 2.75) is 13.0 Å². The number of furan rings is 1. The van der Waals surface area contributed by atoms with Crippen LogP contribution in [0.3, 0.4) is 0 Å². The maximum Gasteiger partial charge on any atom is 0.372 e. The van der Waals surface area contributed by atoms with Gasteiger partial charge >= 0.3 is 5.97 Å². The van der Waals surface area contributed by atoms with Crippen molar-refractivity contribution in [3.8, 4) is 0 Å². The molecule has 0 saturated heterocycles. The van der Waals surface area contributed by atoms with Crippen LogP contribution in [0.4, 0.5) is 0 Å². The summed E-state index contributed by atoms with van der Waals surface area (Å²) in [5.41, 5.74) is 0.727. The van der Waals surface area contributed by atoms with E-state index in [0.717, 1.165) is 25.1 Å². The van der Waals surface area contributed by atoms with Crippen LogP contribution in [0.25, 0.3) is 0 Å². The van der Waals surface area contributed by atoms with Crippen molar-refractivity contribution >= 4 is 5.97 Å². The van der Waals surface area contributed by atoms with Crippen LogP contribution < -0.4 is 0 Å². The van der Waals surface area contributed by atoms with Crippen LogP contribution >= 0.6 is 0 Å². The third kappa shape index (κ3) is 4.58. The molecule has 1 rings (SSSR count). The van der Waals surface area contributed by atoms with E-state index in [9.17, 15) is 4.79 Å². The van der Waals surface area contributed by atoms with Gasteiger partial charge in [0.2, 0.25) is 5.76 Å². The van der Waals surface area contributed by atoms with Gasteiger partial charge in [0, 0.05) is 12.1 Å². The van der Waals surface area contributed by atoms with Gasteiger partial charge in [-0.2, -0.15) is 0 Å². The van der Waals surface area contributed by atoms with E-state index in [0.29, 0.717) is 6.54 Å². The zero-order chi connectivity index (χ0) is 12.8. The van der Waals surface area contributed by atoms with E-state index in [-0.39, 0.29) is 5.76 Å². The van der Waals surface area contributed by atoms with Gasteiger partial charge in [0.1, 0.15) is 0 Å². The standard InChI is InChI=1S/C12H20N2O3/c1-13(2)6-4-7-14(3)9-10-5-8-17-11(10)12(15)16/h5,8H,4,6-7,9H2,1-3H3,(H,15,16). The Balaban J connectivity index is 2.42. The minimum absolute atomic E-state index is 0.0458. The summed E-state index contributed by atoms with van der Waals surface area (Å²) < 4.78 is 4.94. The second-order valence-corrected chi connectivity index (χ2v) is 4.47. The summed E-state index contributed by atoms with van der Waals surface area (Å²) in [5, 5.41) is 8.90. The lowest BCUT2D eigenvalue weighted by molar-refractivity contribution is 0.0659. The Morgan fingerprint density at radius 1 is 1.35 bits per heavy atom. The van der Waals surface area contributed by atoms with Crippen LogP contribution in [0.1, 0.15) is 22.5 Å². The molecule has 0 unspecified atom stereocenters. The van der Waals surface area contributed by atoms with Gasteiger partial charge in [-0.25, -0.2) is 4.79 Å². The highest BCUT2D eigenvalue weighted by Crippen LogP contribution is 2.12. The SMILES string of the molecule is CN(C)CCCN(C)Cc1ccoc1C(=O)O. The number of aromatic carboxylic acids is 1. The first-order chi connectivity index (χ1) is 8.00. The third-order valence-corrected chi connectivity index (χ3v) is 2.53. The average Bonchev–Trinajstić information content (AvgIpc) is 2.65. The predicted octanol–water partition coefficient (Wildman–Crippen LogP) is 1.36. The van der Waals surface area contributed by atoms with Crippen LogP contribution in [0, 0.1) is 0 Å². The van der Waals surface area contributed by atoms with Gasteiger partial charge in [0.25, 0.3) is 0 Å². The first-order valence-electron chi connectivity index (χ1n) is 5.63. The van der Waals surface area contributed by atoms with Gasteiger partial charge < -0.3 is 19.3 Å². The Kier molecular flexibility index (Phi) is 5.18. The van der Waals surface area contributed by atoms with E-state index in [1.54, 1.807) is 6.07 Å². The molecule has 1 heterocycles. The molecule has 0 aromatic carbocycles. The Morgan fingerprint density at radius 3 is 2.65 bits per heavy atom. The first kappa shape index (κ1) is 13.7. The number of carboxylic acid groups (broad SMARTS) is 1. The summed E-state index contributed by atoms with van der Waals surface area (Å²) in [5.74, 6) is -0.962. The van der Waals surface area contributed by atoms with E-state index >= 15 is 0 Å². The largest absolute Gasteiger partial charge is 0.475 e. The van der Waals surface area contributed by atoms with Crippen LogP contribution in [0.15, 0.2) is 16.7 Å². The third-order valence-electron chi connectivity index (χ3n) is 2.53. The molecule has 0 fully saturated rings. The van der Waals surface area contributed by atoms with Crippen molar-refractivity contribution < 1.29 is 14.3 Å². The van der Waals surface area contributed by atoms with Gasteiger partial charge in [0.05, 0.1) is 6.26 Å². The van der Waals surface area contributed by atoms with Crippen LogP contribution in [-0.2, 0) is 6.54 Å². The van der Waals surface area contributed by atoms with Crippen LogP contribution in [0.5, 0.6) is 0 Å². The van der Waals surface area contributed by atoms with Crippen molar-refractivity contribution in [2.24, 2.45) is 0 Å². The molecule has 0 atom stereocenters. The highest BCUT2D eigenvalue weighted by atomic mass is 16.4. The number of hydrogen-bond donors (Lipinski definition) is 1. The number of rotatable bonds is 7. The average molecular weight is 240 g/mol. The normalized spacial score (nSPS) is 11.4. The van der Waals surface area contributed by atoms with Gasteiger partial charge in [0.15, 0.2) is 0 Å². The zero-order valence-electron chi connectivity index (χ0n) is 10.6. The Morgan fingerprint density at radius 2 is 2.06 bits per heavy atom. The molecule has 96 valence electrons. The molecule has 0 amide bonds. The van der Waals surface area contributed by atoms with Gasteiger partial charge in [-0.3, -0.25) is 0 Å². The summed E-state index contributed by atoms with van der Waals surface area (Å²) in [4.78, 5) is 15.1. The monoisotopic (exact) mass is 240 g/mol. The van der Waals surface area contributed by atoms with E-state index in [4.69, 9.17) is 9.52 Å². The fourth-order valence-corrected chi connectivity index (χ4v) is 1.67. The number of carboxylic acids is 1. The Bertz CT molecular complexity index is 360. The summed E-state index contributed by atoms with van der Waals surface area (Å²) in [6.07, 6.45) is 2.48. The molecule has 0 spiro atoms. The molecule has 1 aromatic heterocycles. The molecule has 0 saturated carbocycles. The highest BCUT2D eigenvalue weighted by molar-refractivity contribution is 5.86. The molecule has 0 aliphatic carbocycles. The van der Waals surface area contributed by atoms with Crippen molar-refractivity contribution in [3.63, 3.8) is 0 Å². The fraction of sp³-hybridized carbons (Fsp3) is 0.583. The highest BCUT2D eigenvalue weighted by Gasteiger charge is 2.14. The predicted molar refractivity (Wildman–Crippen MR) is 65.2 cm³/mol. The van der Waals surface area contributed by atoms with Gasteiger partial charge in [-0.15, -0.1) is 0 Å². The minimum Gasteiger partial charge on any atom is -0.475 e. The summed E-state index contributed by atoms with van der Waals surface area (Å²) in [7, 11) is 6.06. The van der Waals surface area contributed by atoms with E-state index < -0.39 is 5.97 Å². The molecule has 0 radical (unpaired) electrons. The van der Waals surface area contributed by atoms with Gasteiger partial charge in [-0.05, 0) is 46.7 Å². The number of hydrogen-bond acceptors (Lipinski definition) is 4. The van der Waals surface area contributed by atoms with Gasteiger partial charge in [-0.1, -0.05) is 0 Å². The molecule has 0 aliphatic heterocycles. The molecular weight excluding hydrogens is 220 g/mol. The van der Waals surface area contributed by atoms with Crippen molar-refractivity contribution in [2.75, 3.05) is 34.2 Å². The van der Waals surface area contributed by atoms with Crippen LogP contribution in [0.2, 0.25) is 0 Å². The molecule has 1 N–H and O–H groups in total. The Hall–Kier alpha value is -1.33. The van der Waals surface area contributed by atoms with E-state index in [1.807, 2.05) is 21.1 Å². The second-order valence-electron chi connectivity index (χ2n) is 4.47. The zero-order valence-corrected chi connectivity index (χ0v) is 10.6. The molecule has 17 heavy (non-hydrogen) atoms. The van der Waals surface area contributed by atoms with Crippen LogP contribution in [-0.4, -0.2) is 55.1 Å². The molecule has 5 heteroatoms. The molecule has 5 nitrogen and oxygen atoms in total. The quantitative estimate of drug-likeness (QED) is 0.780. The van der Waals surface area contributed by atoms with Crippen molar-refractivity contribution in [3.05, 3.63) is 23.7 Å². The maximum absolute atomic E-state index is 10.8. The topological polar surface area (TPSA) is 56.9 Å². The molecule has 0 aliphatic rings. The van der Waals surface area contributed by atoms with E-state index in [2.05, 4.69) is 9.80 Å². The fourth-order valence-electron chi connectivity index (χ4n) is 1.67. The first-order valence-corrected chi connectivity index (χ1v) is 5.63. The molecule has 0 bridgehead atoms. The smallest absolute Gasteiger partial charge is 0.372 e. The van der Waals surface area contributed by atoms with Crippen molar-refractivity contribution in [1.29, 1.82) is 0 Å². The summed E-state index contributed by atoms with van der Waals surface area (Å²) >= 11 is 0. The lowest BCUT2D eigenvalue weighted by atomic mass is 10.2. The summed E-state index contributed by atoms with van der Waals surface area (Å²) in [6, 6.07) is 1.71. The maximum atomic E-state index is 10.8. The summed E-state index contributed by atoms with van der Waals surface area (Å²) in [6.45, 7) is 2.56. The minimum atomic E-state index is -1.01. The lowest BCUT2D eigenvalue weighted by Gasteiger charge is -2.17. The number of nitrogens with zero attached hydrogens (tertiary/aromatic N) is 2. The van der Waals surface area contributed by atoms with E-state index in [1.165, 1.54) is 6.26 Å². The Labute approximate surface area is 102 Å². The molecular formula is C12H20N2O3. The number of carbonyl (C=O) groups is 1. The van der Waals surface area contributed by atoms with Crippen molar-refractivity contribution in [1.82, 2.24) is 9.80 Å².